The number of hydrogen-bond acceptors (Lipinski definition) is 3. The number of ether oxygens (including phenoxy) is 2. The molecule has 1 aliphatic heterocycles. The molecule has 3 nitrogen and oxygen atoms in total. The van der Waals surface area contributed by atoms with Crippen molar-refractivity contribution < 1.29 is 9.47 Å². The van der Waals surface area contributed by atoms with Gasteiger partial charge in [-0.25, -0.2) is 0 Å². The highest BCUT2D eigenvalue weighted by atomic mass is 79.9. The maximum atomic E-state index is 5.40. The summed E-state index contributed by atoms with van der Waals surface area (Å²) in [5.41, 5.74) is 2.42. The molecule has 0 fully saturated rings. The first kappa shape index (κ1) is 14.9. The highest BCUT2D eigenvalue weighted by Gasteiger charge is 2.14. The highest BCUT2D eigenvalue weighted by Crippen LogP contribution is 2.33. The molecule has 110 valence electrons. The summed E-state index contributed by atoms with van der Waals surface area (Å²) in [4.78, 5) is 0. The Bertz CT molecular complexity index is 661. The molecule has 3 rings (SSSR count). The second kappa shape index (κ2) is 6.38. The Kier molecular flexibility index (Phi) is 4.52. The molecule has 0 spiro atoms. The molecule has 21 heavy (non-hydrogen) atoms. The van der Waals surface area contributed by atoms with E-state index >= 15 is 0 Å². The van der Waals surface area contributed by atoms with Crippen LogP contribution in [0, 0.1) is 0 Å². The van der Waals surface area contributed by atoms with Crippen LogP contribution in [0.5, 0.6) is 11.5 Å². The minimum absolute atomic E-state index is 0.248. The summed E-state index contributed by atoms with van der Waals surface area (Å²) in [6.45, 7) is 3.25. The molecule has 0 amide bonds. The fraction of sp³-hybridized carbons (Fsp3) is 0.250. The molecule has 0 aromatic heterocycles. The van der Waals surface area contributed by atoms with Gasteiger partial charge in [0.05, 0.1) is 0 Å². The zero-order chi connectivity index (χ0) is 14.8. The van der Waals surface area contributed by atoms with Crippen LogP contribution >= 0.6 is 31.9 Å². The first-order chi connectivity index (χ1) is 10.1. The lowest BCUT2D eigenvalue weighted by molar-refractivity contribution is 0.174. The average molecular weight is 413 g/mol. The normalized spacial score (nSPS) is 14.2. The number of rotatable bonds is 4. The van der Waals surface area contributed by atoms with Crippen LogP contribution in [0.4, 0.5) is 0 Å². The topological polar surface area (TPSA) is 30.5 Å². The van der Waals surface area contributed by atoms with Gasteiger partial charge in [-0.05, 0) is 42.3 Å². The van der Waals surface area contributed by atoms with Crippen molar-refractivity contribution in [3.8, 4) is 11.5 Å². The summed E-state index contributed by atoms with van der Waals surface area (Å²) in [5.74, 6) is 1.65. The van der Waals surface area contributed by atoms with Gasteiger partial charge in [-0.15, -0.1) is 0 Å². The van der Waals surface area contributed by atoms with Crippen LogP contribution in [0.3, 0.4) is 0 Å². The van der Waals surface area contributed by atoms with Crippen LogP contribution < -0.4 is 14.8 Å². The van der Waals surface area contributed by atoms with E-state index in [1.165, 1.54) is 11.1 Å². The van der Waals surface area contributed by atoms with E-state index in [4.69, 9.17) is 9.47 Å². The number of fused-ring (bicyclic) bond motifs is 1. The van der Waals surface area contributed by atoms with Crippen molar-refractivity contribution in [2.24, 2.45) is 0 Å². The number of nitrogens with one attached hydrogen (secondary N) is 1. The molecule has 1 heterocycles. The molecule has 1 aliphatic rings. The van der Waals surface area contributed by atoms with Crippen LogP contribution in [0.2, 0.25) is 0 Å². The molecule has 0 aliphatic carbocycles. The van der Waals surface area contributed by atoms with Gasteiger partial charge in [-0.3, -0.25) is 0 Å². The Morgan fingerprint density at radius 2 is 1.90 bits per heavy atom. The van der Waals surface area contributed by atoms with Crippen molar-refractivity contribution in [1.29, 1.82) is 0 Å². The summed E-state index contributed by atoms with van der Waals surface area (Å²) in [6.07, 6.45) is 0. The lowest BCUT2D eigenvalue weighted by Gasteiger charge is -2.16. The Hall–Kier alpha value is -1.04. The van der Waals surface area contributed by atoms with E-state index < -0.39 is 0 Å². The molecule has 5 heteroatoms. The molecular formula is C16H15Br2NO2. The number of halogens is 2. The molecule has 1 N–H and O–H groups in total. The highest BCUT2D eigenvalue weighted by molar-refractivity contribution is 9.11. The first-order valence-electron chi connectivity index (χ1n) is 6.70. The van der Waals surface area contributed by atoms with Gasteiger partial charge in [-0.1, -0.05) is 44.0 Å². The molecule has 0 radical (unpaired) electrons. The van der Waals surface area contributed by atoms with Crippen molar-refractivity contribution in [3.63, 3.8) is 0 Å². The van der Waals surface area contributed by atoms with Crippen LogP contribution in [0.15, 0.2) is 45.3 Å². The van der Waals surface area contributed by atoms with E-state index in [1.54, 1.807) is 0 Å². The third-order valence-corrected chi connectivity index (χ3v) is 4.66. The zero-order valence-electron chi connectivity index (χ0n) is 11.5. The summed E-state index contributed by atoms with van der Waals surface area (Å²) in [7, 11) is 0. The van der Waals surface area contributed by atoms with E-state index in [9.17, 15) is 0 Å². The van der Waals surface area contributed by atoms with Crippen molar-refractivity contribution in [3.05, 3.63) is 56.5 Å². The average Bonchev–Trinajstić information content (AvgIpc) is 2.92. The number of hydrogen-bond donors (Lipinski definition) is 1. The van der Waals surface area contributed by atoms with Crippen molar-refractivity contribution >= 4 is 31.9 Å². The fourth-order valence-corrected chi connectivity index (χ4v) is 3.67. The van der Waals surface area contributed by atoms with Gasteiger partial charge in [0.25, 0.3) is 0 Å². The smallest absolute Gasteiger partial charge is 0.231 e. The minimum Gasteiger partial charge on any atom is -0.454 e. The van der Waals surface area contributed by atoms with Crippen molar-refractivity contribution in [1.82, 2.24) is 5.32 Å². The predicted octanol–water partition coefficient (Wildman–Crippen LogP) is 4.79. The van der Waals surface area contributed by atoms with Crippen LogP contribution in [0.1, 0.15) is 24.1 Å². The lowest BCUT2D eigenvalue weighted by Crippen LogP contribution is -2.18. The molecule has 1 atom stereocenters. The first-order valence-corrected chi connectivity index (χ1v) is 8.29. The van der Waals surface area contributed by atoms with Gasteiger partial charge in [0.2, 0.25) is 6.79 Å². The van der Waals surface area contributed by atoms with E-state index in [0.29, 0.717) is 6.79 Å². The van der Waals surface area contributed by atoms with E-state index in [1.807, 2.05) is 12.1 Å². The SMILES string of the molecule is CC(NCc1ccc2c(c1)OCO2)c1ccc(Br)cc1Br. The summed E-state index contributed by atoms with van der Waals surface area (Å²) in [5, 5.41) is 3.52. The van der Waals surface area contributed by atoms with E-state index in [2.05, 4.69) is 68.4 Å². The Balaban J connectivity index is 1.67. The molecule has 0 bridgehead atoms. The summed E-state index contributed by atoms with van der Waals surface area (Å²) < 4.78 is 12.9. The quantitative estimate of drug-likeness (QED) is 0.782. The predicted molar refractivity (Wildman–Crippen MR) is 89.7 cm³/mol. The Labute approximate surface area is 140 Å². The van der Waals surface area contributed by atoms with Crippen LogP contribution in [0.25, 0.3) is 0 Å². The molecule has 2 aromatic carbocycles. The third-order valence-electron chi connectivity index (χ3n) is 3.48. The summed E-state index contributed by atoms with van der Waals surface area (Å²) in [6, 6.07) is 12.5. The molecular weight excluding hydrogens is 398 g/mol. The standard InChI is InChI=1S/C16H15Br2NO2/c1-10(13-4-3-12(17)7-14(13)18)19-8-11-2-5-15-16(6-11)21-9-20-15/h2-7,10,19H,8-9H2,1H3. The zero-order valence-corrected chi connectivity index (χ0v) is 14.7. The Morgan fingerprint density at radius 3 is 2.71 bits per heavy atom. The summed E-state index contributed by atoms with van der Waals surface area (Å²) >= 11 is 7.08. The molecule has 1 unspecified atom stereocenters. The van der Waals surface area contributed by atoms with Crippen LogP contribution in [-0.4, -0.2) is 6.79 Å². The van der Waals surface area contributed by atoms with Gasteiger partial charge in [-0.2, -0.15) is 0 Å². The maximum Gasteiger partial charge on any atom is 0.231 e. The second-order valence-electron chi connectivity index (χ2n) is 4.96. The van der Waals surface area contributed by atoms with Gasteiger partial charge >= 0.3 is 0 Å². The third kappa shape index (κ3) is 3.42. The number of benzene rings is 2. The fourth-order valence-electron chi connectivity index (χ4n) is 2.28. The molecule has 2 aromatic rings. The van der Waals surface area contributed by atoms with E-state index in [0.717, 1.165) is 27.0 Å². The van der Waals surface area contributed by atoms with Gasteiger partial charge in [0, 0.05) is 21.5 Å². The minimum atomic E-state index is 0.248. The largest absolute Gasteiger partial charge is 0.454 e. The van der Waals surface area contributed by atoms with Crippen LogP contribution in [-0.2, 0) is 6.54 Å². The second-order valence-corrected chi connectivity index (χ2v) is 6.73. The molecule has 0 saturated carbocycles. The van der Waals surface area contributed by atoms with Gasteiger partial charge in [0.15, 0.2) is 11.5 Å². The Morgan fingerprint density at radius 1 is 1.10 bits per heavy atom. The van der Waals surface area contributed by atoms with Crippen molar-refractivity contribution in [2.75, 3.05) is 6.79 Å². The monoisotopic (exact) mass is 411 g/mol. The van der Waals surface area contributed by atoms with Crippen molar-refractivity contribution in [2.45, 2.75) is 19.5 Å². The van der Waals surface area contributed by atoms with E-state index in [-0.39, 0.29) is 6.04 Å². The van der Waals surface area contributed by atoms with Gasteiger partial charge < -0.3 is 14.8 Å². The molecule has 0 saturated heterocycles. The van der Waals surface area contributed by atoms with Gasteiger partial charge in [0.1, 0.15) is 0 Å². The maximum absolute atomic E-state index is 5.40. The lowest BCUT2D eigenvalue weighted by atomic mass is 10.1.